The molecule has 0 spiro atoms. The fourth-order valence-corrected chi connectivity index (χ4v) is 4.71. The summed E-state index contributed by atoms with van der Waals surface area (Å²) < 4.78 is 7.64. The number of aryl methyl sites for hydroxylation is 1. The average Bonchev–Trinajstić information content (AvgIpc) is 3.28. The van der Waals surface area contributed by atoms with Crippen molar-refractivity contribution < 1.29 is 4.74 Å². The minimum atomic E-state index is 0.299. The molecule has 0 saturated heterocycles. The monoisotopic (exact) mass is 347 g/mol. The third-order valence-electron chi connectivity index (χ3n) is 5.13. The predicted molar refractivity (Wildman–Crippen MR) is 94.5 cm³/mol. The topological polar surface area (TPSA) is 56.1 Å². The molecule has 1 unspecified atom stereocenters. The summed E-state index contributed by atoms with van der Waals surface area (Å²) in [5.74, 6) is 1.10. The molecule has 130 valence electrons. The van der Waals surface area contributed by atoms with Gasteiger partial charge in [0.2, 0.25) is 5.13 Å². The quantitative estimate of drug-likeness (QED) is 0.832. The maximum absolute atomic E-state index is 5.46. The highest BCUT2D eigenvalue weighted by molar-refractivity contribution is 7.15. The molecule has 0 amide bonds. The van der Waals surface area contributed by atoms with Crippen molar-refractivity contribution in [1.82, 2.24) is 20.0 Å². The van der Waals surface area contributed by atoms with E-state index >= 15 is 0 Å². The second-order valence-corrected chi connectivity index (χ2v) is 8.21. The van der Waals surface area contributed by atoms with Crippen LogP contribution in [0.2, 0.25) is 0 Å². The summed E-state index contributed by atoms with van der Waals surface area (Å²) in [5.41, 5.74) is 2.53. The molecular weight excluding hydrogens is 322 g/mol. The van der Waals surface area contributed by atoms with Gasteiger partial charge in [0, 0.05) is 44.4 Å². The molecule has 24 heavy (non-hydrogen) atoms. The van der Waals surface area contributed by atoms with Crippen LogP contribution in [-0.2, 0) is 17.8 Å². The Morgan fingerprint density at radius 2 is 2.12 bits per heavy atom. The van der Waals surface area contributed by atoms with E-state index in [0.717, 1.165) is 35.7 Å². The van der Waals surface area contributed by atoms with Crippen molar-refractivity contribution in [1.29, 1.82) is 0 Å². The van der Waals surface area contributed by atoms with E-state index in [0.29, 0.717) is 12.5 Å². The van der Waals surface area contributed by atoms with Gasteiger partial charge in [-0.2, -0.15) is 5.10 Å². The molecule has 0 N–H and O–H groups in total. The molecule has 1 aliphatic heterocycles. The van der Waals surface area contributed by atoms with Crippen LogP contribution in [0.3, 0.4) is 0 Å². The molecule has 1 atom stereocenters. The van der Waals surface area contributed by atoms with E-state index in [4.69, 9.17) is 9.84 Å². The van der Waals surface area contributed by atoms with Crippen LogP contribution in [-0.4, -0.2) is 40.2 Å². The lowest BCUT2D eigenvalue weighted by atomic mass is 9.98. The number of hydrogen-bond acceptors (Lipinski definition) is 6. The zero-order valence-corrected chi connectivity index (χ0v) is 15.3. The number of rotatable bonds is 5. The number of fused-ring (bicyclic) bond motifs is 1. The first-order valence-corrected chi connectivity index (χ1v) is 9.65. The van der Waals surface area contributed by atoms with Crippen molar-refractivity contribution in [2.75, 3.05) is 25.2 Å². The van der Waals surface area contributed by atoms with Crippen molar-refractivity contribution in [2.45, 2.75) is 51.6 Å². The molecule has 1 saturated carbocycles. The molecule has 2 aromatic rings. The van der Waals surface area contributed by atoms with Crippen LogP contribution in [0.1, 0.15) is 47.9 Å². The zero-order chi connectivity index (χ0) is 16.5. The standard InChI is InChI=1S/C17H25N5OS/c1-12-18-19-17(24-12)21-8-14-10-22(7-13-5-3-4-6-13)20-16(14)15(9-21)11-23-2/h10,13,15H,3-9,11H2,1-2H3. The smallest absolute Gasteiger partial charge is 0.208 e. The maximum Gasteiger partial charge on any atom is 0.208 e. The average molecular weight is 347 g/mol. The minimum absolute atomic E-state index is 0.299. The summed E-state index contributed by atoms with van der Waals surface area (Å²) in [7, 11) is 1.77. The summed E-state index contributed by atoms with van der Waals surface area (Å²) in [4.78, 5) is 2.32. The van der Waals surface area contributed by atoms with Crippen LogP contribution < -0.4 is 4.90 Å². The van der Waals surface area contributed by atoms with E-state index in [1.807, 2.05) is 6.92 Å². The van der Waals surface area contributed by atoms with E-state index in [2.05, 4.69) is 26.0 Å². The lowest BCUT2D eigenvalue weighted by Crippen LogP contribution is -2.35. The maximum atomic E-state index is 5.46. The Morgan fingerprint density at radius 3 is 2.83 bits per heavy atom. The van der Waals surface area contributed by atoms with Gasteiger partial charge in [0.05, 0.1) is 12.3 Å². The summed E-state index contributed by atoms with van der Waals surface area (Å²) in [6, 6.07) is 0. The van der Waals surface area contributed by atoms with E-state index in [-0.39, 0.29) is 0 Å². The predicted octanol–water partition coefficient (Wildman–Crippen LogP) is 2.98. The third kappa shape index (κ3) is 3.19. The molecule has 1 fully saturated rings. The van der Waals surface area contributed by atoms with Gasteiger partial charge in [0.15, 0.2) is 0 Å². The number of anilines is 1. The Morgan fingerprint density at radius 1 is 1.29 bits per heavy atom. The highest BCUT2D eigenvalue weighted by Gasteiger charge is 2.30. The highest BCUT2D eigenvalue weighted by Crippen LogP contribution is 2.33. The van der Waals surface area contributed by atoms with Crippen LogP contribution >= 0.6 is 11.3 Å². The number of nitrogens with zero attached hydrogens (tertiary/aromatic N) is 5. The molecule has 2 aliphatic rings. The number of methoxy groups -OCH3 is 1. The number of aromatic nitrogens is 4. The Bertz CT molecular complexity index is 691. The fraction of sp³-hybridized carbons (Fsp3) is 0.706. The van der Waals surface area contributed by atoms with Gasteiger partial charge < -0.3 is 9.64 Å². The van der Waals surface area contributed by atoms with Gasteiger partial charge in [-0.3, -0.25) is 4.68 Å². The Hall–Kier alpha value is -1.47. The molecule has 4 rings (SSSR count). The SMILES string of the molecule is COCC1CN(c2nnc(C)s2)Cc2cn(CC3CCCC3)nc21. The Balaban J connectivity index is 1.57. The summed E-state index contributed by atoms with van der Waals surface area (Å²) in [6.45, 7) is 5.53. The molecular formula is C17H25N5OS. The van der Waals surface area contributed by atoms with Crippen molar-refractivity contribution in [3.05, 3.63) is 22.5 Å². The first-order chi connectivity index (χ1) is 11.7. The molecule has 0 radical (unpaired) electrons. The minimum Gasteiger partial charge on any atom is -0.384 e. The molecule has 0 bridgehead atoms. The van der Waals surface area contributed by atoms with Gasteiger partial charge in [-0.25, -0.2) is 0 Å². The Labute approximate surface area is 146 Å². The Kier molecular flexibility index (Phi) is 4.54. The second kappa shape index (κ2) is 6.80. The molecule has 7 heteroatoms. The van der Waals surface area contributed by atoms with E-state index in [9.17, 15) is 0 Å². The first kappa shape index (κ1) is 16.0. The number of ether oxygens (including phenoxy) is 1. The normalized spacial score (nSPS) is 21.4. The molecule has 0 aromatic carbocycles. The van der Waals surface area contributed by atoms with Crippen LogP contribution in [0.25, 0.3) is 0 Å². The summed E-state index contributed by atoms with van der Waals surface area (Å²) in [5, 5.41) is 15.4. The zero-order valence-electron chi connectivity index (χ0n) is 14.4. The largest absolute Gasteiger partial charge is 0.384 e. The van der Waals surface area contributed by atoms with Crippen molar-refractivity contribution in [3.63, 3.8) is 0 Å². The van der Waals surface area contributed by atoms with Crippen molar-refractivity contribution in [3.8, 4) is 0 Å². The van der Waals surface area contributed by atoms with Crippen LogP contribution in [0.4, 0.5) is 5.13 Å². The van der Waals surface area contributed by atoms with E-state index in [1.54, 1.807) is 18.4 Å². The molecule has 6 nitrogen and oxygen atoms in total. The van der Waals surface area contributed by atoms with Gasteiger partial charge in [-0.15, -0.1) is 10.2 Å². The summed E-state index contributed by atoms with van der Waals surface area (Å²) >= 11 is 1.66. The van der Waals surface area contributed by atoms with E-state index < -0.39 is 0 Å². The lowest BCUT2D eigenvalue weighted by Gasteiger charge is -2.31. The van der Waals surface area contributed by atoms with Crippen LogP contribution in [0.5, 0.6) is 0 Å². The molecule has 2 aromatic heterocycles. The fourth-order valence-electron chi connectivity index (χ4n) is 4.01. The van der Waals surface area contributed by atoms with Crippen LogP contribution in [0, 0.1) is 12.8 Å². The van der Waals surface area contributed by atoms with Gasteiger partial charge in [0.25, 0.3) is 0 Å². The summed E-state index contributed by atoms with van der Waals surface area (Å²) in [6.07, 6.45) is 7.70. The lowest BCUT2D eigenvalue weighted by molar-refractivity contribution is 0.176. The molecule has 1 aliphatic carbocycles. The van der Waals surface area contributed by atoms with Crippen molar-refractivity contribution >= 4 is 16.5 Å². The second-order valence-electron chi connectivity index (χ2n) is 7.05. The molecule has 3 heterocycles. The first-order valence-electron chi connectivity index (χ1n) is 8.83. The van der Waals surface area contributed by atoms with Gasteiger partial charge in [-0.05, 0) is 25.7 Å². The van der Waals surface area contributed by atoms with Crippen LogP contribution in [0.15, 0.2) is 6.20 Å². The third-order valence-corrected chi connectivity index (χ3v) is 6.03. The highest BCUT2D eigenvalue weighted by atomic mass is 32.1. The van der Waals surface area contributed by atoms with Gasteiger partial charge >= 0.3 is 0 Å². The number of hydrogen-bond donors (Lipinski definition) is 0. The van der Waals surface area contributed by atoms with Gasteiger partial charge in [0.1, 0.15) is 5.01 Å². The van der Waals surface area contributed by atoms with Gasteiger partial charge in [-0.1, -0.05) is 24.2 Å². The van der Waals surface area contributed by atoms with Crippen molar-refractivity contribution in [2.24, 2.45) is 5.92 Å². The van der Waals surface area contributed by atoms with E-state index in [1.165, 1.54) is 36.9 Å².